The number of aromatic hydroxyl groups is 2. The summed E-state index contributed by atoms with van der Waals surface area (Å²) in [6.45, 7) is 2.38. The summed E-state index contributed by atoms with van der Waals surface area (Å²) in [4.78, 5) is 25.3. The number of aliphatic carboxylic acids is 1. The van der Waals surface area contributed by atoms with E-state index in [9.17, 15) is 24.9 Å². The minimum atomic E-state index is -0.906. The molecule has 21 heavy (non-hydrogen) atoms. The first-order chi connectivity index (χ1) is 9.89. The van der Waals surface area contributed by atoms with Gasteiger partial charge in [-0.05, 0) is 31.0 Å². The molecule has 0 aliphatic carbocycles. The molecule has 1 heterocycles. The maximum absolute atomic E-state index is 12.4. The van der Waals surface area contributed by atoms with Crippen LogP contribution in [0.5, 0.6) is 11.5 Å². The predicted octanol–water partition coefficient (Wildman–Crippen LogP) is 1.81. The van der Waals surface area contributed by atoms with Crippen LogP contribution in [0.2, 0.25) is 0 Å². The van der Waals surface area contributed by atoms with Crippen LogP contribution in [0.25, 0.3) is 0 Å². The second-order valence-electron chi connectivity index (χ2n) is 5.51. The summed E-state index contributed by atoms with van der Waals surface area (Å²) in [5.41, 5.74) is -0.913. The van der Waals surface area contributed by atoms with Gasteiger partial charge in [0.15, 0.2) is 0 Å². The highest BCUT2D eigenvalue weighted by molar-refractivity contribution is 5.98. The van der Waals surface area contributed by atoms with E-state index in [1.165, 1.54) is 23.1 Å². The van der Waals surface area contributed by atoms with E-state index in [1.807, 2.05) is 6.92 Å². The number of carbonyl (C=O) groups is 2. The van der Waals surface area contributed by atoms with Gasteiger partial charge in [-0.25, -0.2) is 0 Å². The van der Waals surface area contributed by atoms with Gasteiger partial charge in [0, 0.05) is 13.1 Å². The Labute approximate surface area is 122 Å². The van der Waals surface area contributed by atoms with Crippen molar-refractivity contribution in [3.05, 3.63) is 23.8 Å². The summed E-state index contributed by atoms with van der Waals surface area (Å²) in [5.74, 6) is -1.68. The Balaban J connectivity index is 2.22. The molecular formula is C15H19NO5. The number of phenols is 2. The van der Waals surface area contributed by atoms with E-state index in [2.05, 4.69) is 0 Å². The number of phenolic OH excluding ortho intramolecular Hbond substituents is 2. The normalized spacial score (nSPS) is 21.5. The Morgan fingerprint density at radius 1 is 1.33 bits per heavy atom. The van der Waals surface area contributed by atoms with Gasteiger partial charge >= 0.3 is 5.97 Å². The molecule has 1 unspecified atom stereocenters. The summed E-state index contributed by atoms with van der Waals surface area (Å²) in [7, 11) is 0. The molecule has 6 nitrogen and oxygen atoms in total. The van der Waals surface area contributed by atoms with E-state index in [-0.39, 0.29) is 23.6 Å². The lowest BCUT2D eigenvalue weighted by atomic mass is 9.83. The molecule has 6 heteroatoms. The van der Waals surface area contributed by atoms with Gasteiger partial charge in [0.2, 0.25) is 0 Å². The number of benzene rings is 1. The molecule has 3 N–H and O–H groups in total. The topological polar surface area (TPSA) is 98.1 Å². The molecule has 1 aliphatic heterocycles. The molecule has 1 aromatic rings. The summed E-state index contributed by atoms with van der Waals surface area (Å²) in [6, 6.07) is 3.72. The van der Waals surface area contributed by atoms with Crippen LogP contribution in [-0.4, -0.2) is 45.2 Å². The first-order valence-corrected chi connectivity index (χ1v) is 6.94. The van der Waals surface area contributed by atoms with E-state index in [0.717, 1.165) is 6.42 Å². The first-order valence-electron chi connectivity index (χ1n) is 6.94. The molecule has 1 saturated heterocycles. The van der Waals surface area contributed by atoms with Gasteiger partial charge in [-0.15, -0.1) is 0 Å². The number of carboxylic acid groups (broad SMARTS) is 1. The molecule has 0 saturated carbocycles. The number of hydrogen-bond acceptors (Lipinski definition) is 4. The zero-order chi connectivity index (χ0) is 15.6. The van der Waals surface area contributed by atoms with Gasteiger partial charge in [0.25, 0.3) is 5.91 Å². The van der Waals surface area contributed by atoms with Gasteiger partial charge in [-0.1, -0.05) is 13.3 Å². The van der Waals surface area contributed by atoms with Crippen LogP contribution >= 0.6 is 0 Å². The lowest BCUT2D eigenvalue weighted by Gasteiger charge is -2.24. The zero-order valence-corrected chi connectivity index (χ0v) is 11.9. The van der Waals surface area contributed by atoms with Crippen molar-refractivity contribution in [2.75, 3.05) is 13.1 Å². The lowest BCUT2D eigenvalue weighted by molar-refractivity contribution is -0.148. The van der Waals surface area contributed by atoms with E-state index < -0.39 is 17.3 Å². The Morgan fingerprint density at radius 3 is 2.67 bits per heavy atom. The summed E-state index contributed by atoms with van der Waals surface area (Å²) in [5, 5.41) is 28.6. The van der Waals surface area contributed by atoms with Crippen molar-refractivity contribution in [2.24, 2.45) is 5.41 Å². The summed E-state index contributed by atoms with van der Waals surface area (Å²) < 4.78 is 0. The number of carbonyl (C=O) groups excluding carboxylic acids is 1. The average Bonchev–Trinajstić information content (AvgIpc) is 2.87. The molecule has 0 aromatic heterocycles. The maximum Gasteiger partial charge on any atom is 0.311 e. The quantitative estimate of drug-likeness (QED) is 0.735. The van der Waals surface area contributed by atoms with E-state index in [4.69, 9.17) is 0 Å². The Bertz CT molecular complexity index is 571. The average molecular weight is 293 g/mol. The Hall–Kier alpha value is -2.24. The lowest BCUT2D eigenvalue weighted by Crippen LogP contribution is -2.36. The van der Waals surface area contributed by atoms with Gasteiger partial charge in [0.1, 0.15) is 11.5 Å². The fraction of sp³-hybridized carbons (Fsp3) is 0.467. The monoisotopic (exact) mass is 293 g/mol. The number of amides is 1. The van der Waals surface area contributed by atoms with Gasteiger partial charge in [0.05, 0.1) is 11.0 Å². The number of likely N-dealkylation sites (tertiary alicyclic amines) is 1. The summed E-state index contributed by atoms with van der Waals surface area (Å²) >= 11 is 0. The number of nitrogens with zero attached hydrogens (tertiary/aromatic N) is 1. The standard InChI is InChI=1S/C15H19NO5/c1-2-5-15(14(20)21)6-7-16(9-15)13(19)11-8-10(17)3-4-12(11)18/h3-4,8,17-18H,2,5-7,9H2,1H3,(H,20,21). The van der Waals surface area contributed by atoms with Crippen molar-refractivity contribution >= 4 is 11.9 Å². The molecule has 1 aromatic carbocycles. The molecule has 1 atom stereocenters. The number of carboxylic acids is 1. The van der Waals surface area contributed by atoms with Crippen molar-refractivity contribution in [3.8, 4) is 11.5 Å². The smallest absolute Gasteiger partial charge is 0.311 e. The SMILES string of the molecule is CCCC1(C(=O)O)CCN(C(=O)c2cc(O)ccc2O)C1. The van der Waals surface area contributed by atoms with E-state index in [0.29, 0.717) is 19.4 Å². The van der Waals surface area contributed by atoms with Crippen LogP contribution in [0, 0.1) is 5.41 Å². The fourth-order valence-corrected chi connectivity index (χ4v) is 2.88. The molecule has 1 amide bonds. The minimum absolute atomic E-state index is 0.00677. The number of rotatable bonds is 4. The fourth-order valence-electron chi connectivity index (χ4n) is 2.88. The van der Waals surface area contributed by atoms with Crippen molar-refractivity contribution in [2.45, 2.75) is 26.2 Å². The predicted molar refractivity (Wildman–Crippen MR) is 75.3 cm³/mol. The van der Waals surface area contributed by atoms with Crippen molar-refractivity contribution < 1.29 is 24.9 Å². The summed E-state index contributed by atoms with van der Waals surface area (Å²) in [6.07, 6.45) is 1.64. The molecular weight excluding hydrogens is 274 g/mol. The highest BCUT2D eigenvalue weighted by atomic mass is 16.4. The molecule has 2 rings (SSSR count). The highest BCUT2D eigenvalue weighted by Gasteiger charge is 2.45. The van der Waals surface area contributed by atoms with Crippen molar-refractivity contribution in [1.82, 2.24) is 4.90 Å². The largest absolute Gasteiger partial charge is 0.508 e. The van der Waals surface area contributed by atoms with Crippen LogP contribution in [-0.2, 0) is 4.79 Å². The van der Waals surface area contributed by atoms with Crippen LogP contribution in [0.4, 0.5) is 0 Å². The molecule has 114 valence electrons. The van der Waals surface area contributed by atoms with E-state index >= 15 is 0 Å². The van der Waals surface area contributed by atoms with Crippen LogP contribution in [0.1, 0.15) is 36.5 Å². The van der Waals surface area contributed by atoms with Crippen LogP contribution in [0.15, 0.2) is 18.2 Å². The zero-order valence-electron chi connectivity index (χ0n) is 11.9. The van der Waals surface area contributed by atoms with Crippen LogP contribution in [0.3, 0.4) is 0 Å². The third-order valence-corrected chi connectivity index (χ3v) is 4.03. The van der Waals surface area contributed by atoms with E-state index in [1.54, 1.807) is 0 Å². The Morgan fingerprint density at radius 2 is 2.05 bits per heavy atom. The number of hydrogen-bond donors (Lipinski definition) is 3. The third kappa shape index (κ3) is 2.79. The molecule has 0 bridgehead atoms. The van der Waals surface area contributed by atoms with Crippen LogP contribution < -0.4 is 0 Å². The van der Waals surface area contributed by atoms with Crippen molar-refractivity contribution in [3.63, 3.8) is 0 Å². The first kappa shape index (κ1) is 15.2. The minimum Gasteiger partial charge on any atom is -0.508 e. The third-order valence-electron chi connectivity index (χ3n) is 4.03. The second-order valence-corrected chi connectivity index (χ2v) is 5.51. The second kappa shape index (κ2) is 5.63. The molecule has 0 spiro atoms. The highest BCUT2D eigenvalue weighted by Crippen LogP contribution is 2.37. The van der Waals surface area contributed by atoms with Gasteiger partial charge in [-0.3, -0.25) is 9.59 Å². The van der Waals surface area contributed by atoms with Gasteiger partial charge < -0.3 is 20.2 Å². The Kier molecular flexibility index (Phi) is 4.06. The molecule has 1 aliphatic rings. The van der Waals surface area contributed by atoms with Gasteiger partial charge in [-0.2, -0.15) is 0 Å². The maximum atomic E-state index is 12.4. The molecule has 0 radical (unpaired) electrons. The molecule has 1 fully saturated rings. The van der Waals surface area contributed by atoms with Crippen molar-refractivity contribution in [1.29, 1.82) is 0 Å².